The third-order valence-corrected chi connectivity index (χ3v) is 2.83. The summed E-state index contributed by atoms with van der Waals surface area (Å²) >= 11 is 0. The van der Waals surface area contributed by atoms with Crippen molar-refractivity contribution in [2.75, 3.05) is 13.2 Å². The molecule has 0 unspecified atom stereocenters. The van der Waals surface area contributed by atoms with Crippen LogP contribution in [0.1, 0.15) is 11.1 Å². The first-order valence-electron chi connectivity index (χ1n) is 6.63. The maximum Gasteiger partial charge on any atom is 0.128 e. The lowest BCUT2D eigenvalue weighted by molar-refractivity contribution is 0.216. The monoisotopic (exact) mass is 300 g/mol. The Labute approximate surface area is 127 Å². The number of benzene rings is 2. The Morgan fingerprint density at radius 1 is 0.727 bits per heavy atom. The highest BCUT2D eigenvalue weighted by molar-refractivity contribution is 5.83. The van der Waals surface area contributed by atoms with E-state index in [4.69, 9.17) is 19.9 Å². The fraction of sp³-hybridized carbons (Fsp3) is 0.125. The van der Waals surface area contributed by atoms with Gasteiger partial charge in [0, 0.05) is 11.1 Å². The zero-order valence-corrected chi connectivity index (χ0v) is 11.8. The Balaban J connectivity index is 1.90. The van der Waals surface area contributed by atoms with Gasteiger partial charge >= 0.3 is 0 Å². The van der Waals surface area contributed by atoms with Gasteiger partial charge in [-0.15, -0.1) is 0 Å². The molecule has 0 spiro atoms. The van der Waals surface area contributed by atoms with Crippen LogP contribution in [0.2, 0.25) is 0 Å². The molecule has 2 N–H and O–H groups in total. The fourth-order valence-electron chi connectivity index (χ4n) is 1.86. The Hall–Kier alpha value is -3.02. The van der Waals surface area contributed by atoms with E-state index in [0.29, 0.717) is 35.8 Å². The van der Waals surface area contributed by atoms with E-state index in [-0.39, 0.29) is 0 Å². The summed E-state index contributed by atoms with van der Waals surface area (Å²) in [5, 5.41) is 23.2. The second-order valence-corrected chi connectivity index (χ2v) is 4.26. The van der Waals surface area contributed by atoms with Crippen molar-refractivity contribution in [1.82, 2.24) is 0 Å². The molecule has 0 radical (unpaired) electrons. The molecule has 2 aromatic carbocycles. The molecule has 0 bridgehead atoms. The molecule has 0 aliphatic rings. The SMILES string of the molecule is O/N=C/c1ccccc1OCCOc1ccccc1/C=N/O. The van der Waals surface area contributed by atoms with Crippen LogP contribution in [0, 0.1) is 0 Å². The molecule has 0 aliphatic carbocycles. The molecule has 0 saturated heterocycles. The first-order valence-corrected chi connectivity index (χ1v) is 6.63. The predicted molar refractivity (Wildman–Crippen MR) is 82.6 cm³/mol. The van der Waals surface area contributed by atoms with E-state index in [9.17, 15) is 0 Å². The highest BCUT2D eigenvalue weighted by atomic mass is 16.5. The lowest BCUT2D eigenvalue weighted by Gasteiger charge is -2.11. The van der Waals surface area contributed by atoms with E-state index in [0.717, 1.165) is 0 Å². The molecule has 2 aromatic rings. The summed E-state index contributed by atoms with van der Waals surface area (Å²) < 4.78 is 11.2. The van der Waals surface area contributed by atoms with Gasteiger partial charge in [0.1, 0.15) is 24.7 Å². The van der Waals surface area contributed by atoms with Crippen LogP contribution in [0.4, 0.5) is 0 Å². The zero-order chi connectivity index (χ0) is 15.6. The number of hydrogen-bond acceptors (Lipinski definition) is 6. The Morgan fingerprint density at radius 2 is 1.14 bits per heavy atom. The Morgan fingerprint density at radius 3 is 1.55 bits per heavy atom. The summed E-state index contributed by atoms with van der Waals surface area (Å²) in [5.74, 6) is 1.21. The van der Waals surface area contributed by atoms with Crippen molar-refractivity contribution < 1.29 is 19.9 Å². The second kappa shape index (κ2) is 8.31. The third kappa shape index (κ3) is 4.24. The topological polar surface area (TPSA) is 83.6 Å². The molecule has 0 aliphatic heterocycles. The van der Waals surface area contributed by atoms with Crippen molar-refractivity contribution in [3.8, 4) is 11.5 Å². The maximum atomic E-state index is 8.60. The smallest absolute Gasteiger partial charge is 0.128 e. The number of rotatable bonds is 7. The summed E-state index contributed by atoms with van der Waals surface area (Å²) in [6, 6.07) is 14.4. The minimum absolute atomic E-state index is 0.320. The van der Waals surface area contributed by atoms with Gasteiger partial charge in [0.05, 0.1) is 12.4 Å². The van der Waals surface area contributed by atoms with E-state index in [1.165, 1.54) is 12.4 Å². The lowest BCUT2D eigenvalue weighted by atomic mass is 10.2. The number of ether oxygens (including phenoxy) is 2. The van der Waals surface area contributed by atoms with Crippen LogP contribution in [-0.2, 0) is 0 Å². The molecular weight excluding hydrogens is 284 g/mol. The number of para-hydroxylation sites is 2. The molecule has 0 heterocycles. The van der Waals surface area contributed by atoms with Crippen LogP contribution in [-0.4, -0.2) is 36.1 Å². The minimum atomic E-state index is 0.320. The van der Waals surface area contributed by atoms with Gasteiger partial charge in [-0.1, -0.05) is 34.6 Å². The van der Waals surface area contributed by atoms with Crippen molar-refractivity contribution in [3.05, 3.63) is 59.7 Å². The normalized spacial score (nSPS) is 11.1. The van der Waals surface area contributed by atoms with Gasteiger partial charge in [-0.25, -0.2) is 0 Å². The van der Waals surface area contributed by atoms with E-state index < -0.39 is 0 Å². The molecular formula is C16H16N2O4. The van der Waals surface area contributed by atoms with E-state index in [1.807, 2.05) is 24.3 Å². The van der Waals surface area contributed by atoms with Crippen molar-refractivity contribution in [2.24, 2.45) is 10.3 Å². The van der Waals surface area contributed by atoms with Gasteiger partial charge in [0.25, 0.3) is 0 Å². The molecule has 0 aromatic heterocycles. The molecule has 0 saturated carbocycles. The zero-order valence-electron chi connectivity index (χ0n) is 11.8. The largest absolute Gasteiger partial charge is 0.489 e. The average molecular weight is 300 g/mol. The highest BCUT2D eigenvalue weighted by Crippen LogP contribution is 2.17. The van der Waals surface area contributed by atoms with Gasteiger partial charge in [-0.3, -0.25) is 0 Å². The van der Waals surface area contributed by atoms with Crippen LogP contribution in [0.15, 0.2) is 58.8 Å². The highest BCUT2D eigenvalue weighted by Gasteiger charge is 2.03. The van der Waals surface area contributed by atoms with Crippen LogP contribution < -0.4 is 9.47 Å². The van der Waals surface area contributed by atoms with Gasteiger partial charge in [-0.2, -0.15) is 0 Å². The molecule has 6 heteroatoms. The molecule has 0 fully saturated rings. The molecule has 2 rings (SSSR count). The predicted octanol–water partition coefficient (Wildman–Crippen LogP) is 2.76. The van der Waals surface area contributed by atoms with E-state index in [1.54, 1.807) is 24.3 Å². The van der Waals surface area contributed by atoms with Crippen molar-refractivity contribution in [2.45, 2.75) is 0 Å². The third-order valence-electron chi connectivity index (χ3n) is 2.83. The Kier molecular flexibility index (Phi) is 5.80. The molecule has 0 atom stereocenters. The summed E-state index contributed by atoms with van der Waals surface area (Å²) in [6.07, 6.45) is 2.62. The molecule has 0 amide bonds. The van der Waals surface area contributed by atoms with Crippen molar-refractivity contribution in [1.29, 1.82) is 0 Å². The summed E-state index contributed by atoms with van der Waals surface area (Å²) in [7, 11) is 0. The summed E-state index contributed by atoms with van der Waals surface area (Å²) in [5.41, 5.74) is 1.36. The summed E-state index contributed by atoms with van der Waals surface area (Å²) in [4.78, 5) is 0. The molecule has 6 nitrogen and oxygen atoms in total. The van der Waals surface area contributed by atoms with Gasteiger partial charge in [0.2, 0.25) is 0 Å². The number of oxime groups is 2. The summed E-state index contributed by atoms with van der Waals surface area (Å²) in [6.45, 7) is 0.641. The van der Waals surface area contributed by atoms with Crippen molar-refractivity contribution >= 4 is 12.4 Å². The first-order chi connectivity index (χ1) is 10.8. The molecule has 114 valence electrons. The second-order valence-electron chi connectivity index (χ2n) is 4.26. The standard InChI is InChI=1S/C16H16N2O4/c19-17-11-13-5-1-3-7-15(13)21-9-10-22-16-8-4-2-6-14(16)12-18-20/h1-8,11-12,19-20H,9-10H2/b17-11+,18-12+. The maximum absolute atomic E-state index is 8.60. The van der Waals surface area contributed by atoms with Gasteiger partial charge in [-0.05, 0) is 24.3 Å². The van der Waals surface area contributed by atoms with Crippen LogP contribution in [0.5, 0.6) is 11.5 Å². The van der Waals surface area contributed by atoms with E-state index >= 15 is 0 Å². The number of hydrogen-bond donors (Lipinski definition) is 2. The van der Waals surface area contributed by atoms with Crippen molar-refractivity contribution in [3.63, 3.8) is 0 Å². The lowest BCUT2D eigenvalue weighted by Crippen LogP contribution is -2.10. The first kappa shape index (κ1) is 15.4. The van der Waals surface area contributed by atoms with Gasteiger partial charge < -0.3 is 19.9 Å². The fourth-order valence-corrected chi connectivity index (χ4v) is 1.86. The van der Waals surface area contributed by atoms with Crippen LogP contribution in [0.25, 0.3) is 0 Å². The Bertz CT molecular complexity index is 599. The van der Waals surface area contributed by atoms with Gasteiger partial charge in [0.15, 0.2) is 0 Å². The molecule has 22 heavy (non-hydrogen) atoms. The number of nitrogens with zero attached hydrogens (tertiary/aromatic N) is 2. The average Bonchev–Trinajstić information content (AvgIpc) is 2.55. The van der Waals surface area contributed by atoms with Crippen LogP contribution in [0.3, 0.4) is 0 Å². The quantitative estimate of drug-likeness (QED) is 0.356. The van der Waals surface area contributed by atoms with Crippen LogP contribution >= 0.6 is 0 Å². The minimum Gasteiger partial charge on any atom is -0.489 e. The van der Waals surface area contributed by atoms with E-state index in [2.05, 4.69) is 10.3 Å².